The van der Waals surface area contributed by atoms with Gasteiger partial charge in [0.25, 0.3) is 5.91 Å². The van der Waals surface area contributed by atoms with E-state index in [0.717, 1.165) is 15.9 Å². The van der Waals surface area contributed by atoms with Crippen molar-refractivity contribution < 1.29 is 9.59 Å². The molecule has 2 aromatic rings. The summed E-state index contributed by atoms with van der Waals surface area (Å²) in [7, 11) is 0. The lowest BCUT2D eigenvalue weighted by molar-refractivity contribution is -0.129. The van der Waals surface area contributed by atoms with Gasteiger partial charge >= 0.3 is 0 Å². The van der Waals surface area contributed by atoms with E-state index in [4.69, 9.17) is 0 Å². The topological polar surface area (TPSA) is 67.2 Å². The maximum Gasteiger partial charge on any atom is 0.258 e. The van der Waals surface area contributed by atoms with Crippen LogP contribution in [0.4, 0.5) is 0 Å². The Bertz CT molecular complexity index is 798. The summed E-state index contributed by atoms with van der Waals surface area (Å²) in [5.41, 5.74) is 2.18. The predicted molar refractivity (Wildman–Crippen MR) is 98.7 cm³/mol. The number of piperazine rings is 1. The zero-order chi connectivity index (χ0) is 18.1. The number of amides is 2. The molecule has 3 rings (SSSR count). The first-order valence-corrected chi connectivity index (χ1v) is 9.08. The fraction of sp³-hybridized carbons (Fsp3) is 0.389. The highest BCUT2D eigenvalue weighted by Gasteiger charge is 2.36. The number of carbonyl (C=O) groups excluding carboxylic acids is 2. The Morgan fingerprint density at radius 2 is 2.00 bits per heavy atom. The second-order valence-electron chi connectivity index (χ2n) is 6.51. The lowest BCUT2D eigenvalue weighted by Gasteiger charge is -2.37. The summed E-state index contributed by atoms with van der Waals surface area (Å²) in [4.78, 5) is 26.9. The van der Waals surface area contributed by atoms with Crippen molar-refractivity contribution >= 4 is 27.7 Å². The molecule has 1 fully saturated rings. The zero-order valence-electron chi connectivity index (χ0n) is 14.5. The van der Waals surface area contributed by atoms with E-state index in [-0.39, 0.29) is 17.7 Å². The van der Waals surface area contributed by atoms with Crippen LogP contribution in [0.5, 0.6) is 0 Å². The molecular formula is C18H21BrN4O2. The molecule has 0 saturated carbocycles. The van der Waals surface area contributed by atoms with Gasteiger partial charge in [-0.05, 0) is 37.1 Å². The van der Waals surface area contributed by atoms with Crippen LogP contribution < -0.4 is 5.32 Å². The highest BCUT2D eigenvalue weighted by molar-refractivity contribution is 9.10. The normalized spacial score (nSPS) is 17.7. The van der Waals surface area contributed by atoms with Gasteiger partial charge in [-0.2, -0.15) is 5.10 Å². The minimum absolute atomic E-state index is 0.0473. The molecule has 1 atom stereocenters. The Kier molecular flexibility index (Phi) is 4.94. The van der Waals surface area contributed by atoms with Crippen LogP contribution in [-0.4, -0.2) is 45.6 Å². The summed E-state index contributed by atoms with van der Waals surface area (Å²) in [6.45, 7) is 6.77. The van der Waals surface area contributed by atoms with Gasteiger partial charge in [-0.15, -0.1) is 0 Å². The lowest BCUT2D eigenvalue weighted by Crippen LogP contribution is -2.59. The highest BCUT2D eigenvalue weighted by atomic mass is 79.9. The molecule has 2 amide bonds. The van der Waals surface area contributed by atoms with Gasteiger partial charge in [0.15, 0.2) is 0 Å². The largest absolute Gasteiger partial charge is 0.353 e. The maximum absolute atomic E-state index is 13.1. The Morgan fingerprint density at radius 1 is 1.32 bits per heavy atom. The van der Waals surface area contributed by atoms with Crippen molar-refractivity contribution in [3.63, 3.8) is 0 Å². The molecule has 7 heteroatoms. The fourth-order valence-corrected chi connectivity index (χ4v) is 3.46. The quantitative estimate of drug-likeness (QED) is 0.854. The van der Waals surface area contributed by atoms with Gasteiger partial charge in [0.1, 0.15) is 6.04 Å². The number of rotatable bonds is 3. The van der Waals surface area contributed by atoms with Crippen LogP contribution in [0.2, 0.25) is 0 Å². The summed E-state index contributed by atoms with van der Waals surface area (Å²) in [5, 5.41) is 7.22. The number of carbonyl (C=O) groups is 2. The first-order valence-electron chi connectivity index (χ1n) is 8.29. The SMILES string of the molecule is Cc1c(C(=O)N2CCNC(=O)[C@@H]2C(C)C)cnn1-c1ccc(Br)cc1. The molecule has 1 aliphatic rings. The molecule has 1 aliphatic heterocycles. The van der Waals surface area contributed by atoms with Gasteiger partial charge in [-0.1, -0.05) is 29.8 Å². The summed E-state index contributed by atoms with van der Waals surface area (Å²) >= 11 is 3.41. The van der Waals surface area contributed by atoms with Crippen molar-refractivity contribution in [2.45, 2.75) is 26.8 Å². The van der Waals surface area contributed by atoms with Crippen molar-refractivity contribution in [1.82, 2.24) is 20.0 Å². The third kappa shape index (κ3) is 3.33. The highest BCUT2D eigenvalue weighted by Crippen LogP contribution is 2.21. The molecule has 0 spiro atoms. The minimum atomic E-state index is -0.448. The molecule has 1 N–H and O–H groups in total. The molecule has 6 nitrogen and oxygen atoms in total. The van der Waals surface area contributed by atoms with Crippen molar-refractivity contribution in [1.29, 1.82) is 0 Å². The Balaban J connectivity index is 1.92. The Labute approximate surface area is 155 Å². The predicted octanol–water partition coefficient (Wildman–Crippen LogP) is 2.54. The van der Waals surface area contributed by atoms with Crippen LogP contribution >= 0.6 is 15.9 Å². The minimum Gasteiger partial charge on any atom is -0.353 e. The standard InChI is InChI=1S/C18H21BrN4O2/c1-11(2)16-17(24)20-8-9-22(16)18(25)15-10-21-23(12(15)3)14-6-4-13(19)5-7-14/h4-7,10-11,16H,8-9H2,1-3H3,(H,20,24)/t16-/m0/s1. The average molecular weight is 405 g/mol. The first-order chi connectivity index (χ1) is 11.9. The van der Waals surface area contributed by atoms with Crippen molar-refractivity contribution in [2.24, 2.45) is 5.92 Å². The van der Waals surface area contributed by atoms with Gasteiger partial charge in [-0.3, -0.25) is 9.59 Å². The van der Waals surface area contributed by atoms with Crippen LogP contribution in [0, 0.1) is 12.8 Å². The van der Waals surface area contributed by atoms with Crippen molar-refractivity contribution in [3.8, 4) is 5.69 Å². The maximum atomic E-state index is 13.1. The number of halogens is 1. The molecule has 0 unspecified atom stereocenters. The smallest absolute Gasteiger partial charge is 0.258 e. The van der Waals surface area contributed by atoms with Crippen LogP contribution in [0.15, 0.2) is 34.9 Å². The van der Waals surface area contributed by atoms with E-state index in [9.17, 15) is 9.59 Å². The van der Waals surface area contributed by atoms with E-state index in [1.54, 1.807) is 15.8 Å². The third-order valence-corrected chi connectivity index (χ3v) is 4.99. The monoisotopic (exact) mass is 404 g/mol. The number of aromatic nitrogens is 2. The number of nitrogens with one attached hydrogen (secondary N) is 1. The second kappa shape index (κ2) is 7.00. The van der Waals surface area contributed by atoms with E-state index in [0.29, 0.717) is 18.7 Å². The molecule has 1 saturated heterocycles. The second-order valence-corrected chi connectivity index (χ2v) is 7.43. The molecule has 25 heavy (non-hydrogen) atoms. The van der Waals surface area contributed by atoms with Gasteiger partial charge in [0, 0.05) is 17.6 Å². The summed E-state index contributed by atoms with van der Waals surface area (Å²) < 4.78 is 2.73. The van der Waals surface area contributed by atoms with Crippen LogP contribution in [0.1, 0.15) is 29.9 Å². The third-order valence-electron chi connectivity index (χ3n) is 4.46. The van der Waals surface area contributed by atoms with E-state index in [1.807, 2.05) is 45.0 Å². The van der Waals surface area contributed by atoms with Gasteiger partial charge in [0.05, 0.1) is 23.1 Å². The summed E-state index contributed by atoms with van der Waals surface area (Å²) in [6.07, 6.45) is 1.59. The molecular weight excluding hydrogens is 384 g/mol. The van der Waals surface area contributed by atoms with Crippen LogP contribution in [0.3, 0.4) is 0 Å². The van der Waals surface area contributed by atoms with Gasteiger partial charge in [-0.25, -0.2) is 4.68 Å². The lowest BCUT2D eigenvalue weighted by atomic mass is 9.98. The number of hydrogen-bond acceptors (Lipinski definition) is 3. The van der Waals surface area contributed by atoms with Gasteiger partial charge < -0.3 is 10.2 Å². The molecule has 1 aromatic carbocycles. The fourth-order valence-electron chi connectivity index (χ4n) is 3.19. The molecule has 0 aliphatic carbocycles. The number of hydrogen-bond donors (Lipinski definition) is 1. The molecule has 1 aromatic heterocycles. The van der Waals surface area contributed by atoms with E-state index < -0.39 is 6.04 Å². The van der Waals surface area contributed by atoms with Gasteiger partial charge in [0.2, 0.25) is 5.91 Å². The molecule has 2 heterocycles. The number of benzene rings is 1. The summed E-state index contributed by atoms with van der Waals surface area (Å²) in [5.74, 6) is -0.187. The average Bonchev–Trinajstić information content (AvgIpc) is 2.96. The van der Waals surface area contributed by atoms with E-state index in [2.05, 4.69) is 26.3 Å². The van der Waals surface area contributed by atoms with Crippen molar-refractivity contribution in [3.05, 3.63) is 46.2 Å². The Morgan fingerprint density at radius 3 is 2.64 bits per heavy atom. The summed E-state index contributed by atoms with van der Waals surface area (Å²) in [6, 6.07) is 7.29. The first kappa shape index (κ1) is 17.7. The zero-order valence-corrected chi connectivity index (χ0v) is 16.1. The van der Waals surface area contributed by atoms with E-state index in [1.165, 1.54) is 0 Å². The molecule has 132 valence electrons. The van der Waals surface area contributed by atoms with Crippen LogP contribution in [-0.2, 0) is 4.79 Å². The van der Waals surface area contributed by atoms with E-state index >= 15 is 0 Å². The number of nitrogens with zero attached hydrogens (tertiary/aromatic N) is 3. The van der Waals surface area contributed by atoms with Crippen molar-refractivity contribution in [2.75, 3.05) is 13.1 Å². The molecule has 0 radical (unpaired) electrons. The Hall–Kier alpha value is -2.15. The molecule has 0 bridgehead atoms. The van der Waals surface area contributed by atoms with Crippen LogP contribution in [0.25, 0.3) is 5.69 Å².